The Hall–Kier alpha value is -2.18. The summed E-state index contributed by atoms with van der Waals surface area (Å²) in [6, 6.07) is 13.0. The van der Waals surface area contributed by atoms with E-state index in [1.165, 1.54) is 38.4 Å². The number of carbonyl (C=O) groups is 1. The summed E-state index contributed by atoms with van der Waals surface area (Å²) in [5, 5.41) is 0. The van der Waals surface area contributed by atoms with Crippen molar-refractivity contribution in [2.45, 2.75) is 18.2 Å². The van der Waals surface area contributed by atoms with Crippen molar-refractivity contribution < 1.29 is 17.9 Å². The van der Waals surface area contributed by atoms with E-state index in [9.17, 15) is 13.2 Å². The van der Waals surface area contributed by atoms with E-state index in [0.29, 0.717) is 5.75 Å². The lowest BCUT2D eigenvalue weighted by molar-refractivity contribution is 0.0734. The molecule has 0 N–H and O–H groups in total. The molecule has 0 aliphatic carbocycles. The topological polar surface area (TPSA) is 63.7 Å². The minimum atomic E-state index is -3.59. The summed E-state index contributed by atoms with van der Waals surface area (Å²) >= 11 is 0. The van der Waals surface area contributed by atoms with Gasteiger partial charge in [-0.15, -0.1) is 0 Å². The molecule has 0 fully saturated rings. The SMILES string of the molecule is CCc1ccc(OC(=O)c2cccc(S(=O)(=O)N(C)C)c2)cc1. The lowest BCUT2D eigenvalue weighted by Crippen LogP contribution is -2.22. The lowest BCUT2D eigenvalue weighted by Gasteiger charge is -2.12. The van der Waals surface area contributed by atoms with Crippen molar-refractivity contribution in [3.8, 4) is 5.75 Å². The predicted molar refractivity (Wildman–Crippen MR) is 88.1 cm³/mol. The van der Waals surface area contributed by atoms with E-state index in [1.54, 1.807) is 12.1 Å². The second-order valence-electron chi connectivity index (χ2n) is 5.20. The first kappa shape index (κ1) is 17.2. The van der Waals surface area contributed by atoms with Crippen LogP contribution in [-0.2, 0) is 16.4 Å². The zero-order chi connectivity index (χ0) is 17.0. The molecule has 0 amide bonds. The van der Waals surface area contributed by atoms with Gasteiger partial charge in [-0.2, -0.15) is 0 Å². The Morgan fingerprint density at radius 1 is 1.09 bits per heavy atom. The van der Waals surface area contributed by atoms with Crippen LogP contribution in [0.15, 0.2) is 53.4 Å². The monoisotopic (exact) mass is 333 g/mol. The molecule has 0 aliphatic rings. The van der Waals surface area contributed by atoms with Crippen LogP contribution < -0.4 is 4.74 Å². The van der Waals surface area contributed by atoms with E-state index >= 15 is 0 Å². The highest BCUT2D eigenvalue weighted by Crippen LogP contribution is 2.18. The fourth-order valence-corrected chi connectivity index (χ4v) is 2.90. The van der Waals surface area contributed by atoms with Gasteiger partial charge in [-0.3, -0.25) is 0 Å². The third-order valence-electron chi connectivity index (χ3n) is 3.39. The standard InChI is InChI=1S/C17H19NO4S/c1-4-13-8-10-15(11-9-13)22-17(19)14-6-5-7-16(12-14)23(20,21)18(2)3/h5-12H,4H2,1-3H3. The van der Waals surface area contributed by atoms with Crippen LogP contribution in [0.1, 0.15) is 22.8 Å². The number of esters is 1. The molecule has 2 rings (SSSR count). The van der Waals surface area contributed by atoms with Crippen molar-refractivity contribution >= 4 is 16.0 Å². The molecule has 0 aliphatic heterocycles. The molecular formula is C17H19NO4S. The average molecular weight is 333 g/mol. The number of ether oxygens (including phenoxy) is 1. The van der Waals surface area contributed by atoms with Gasteiger partial charge in [0.15, 0.2) is 0 Å². The first-order valence-corrected chi connectivity index (χ1v) is 8.62. The molecule has 23 heavy (non-hydrogen) atoms. The van der Waals surface area contributed by atoms with Crippen LogP contribution in [0, 0.1) is 0 Å². The number of rotatable bonds is 5. The quantitative estimate of drug-likeness (QED) is 0.623. The van der Waals surface area contributed by atoms with Gasteiger partial charge < -0.3 is 4.74 Å². The summed E-state index contributed by atoms with van der Waals surface area (Å²) < 4.78 is 30.6. The smallest absolute Gasteiger partial charge is 0.343 e. The molecule has 0 aromatic heterocycles. The molecule has 0 spiro atoms. The van der Waals surface area contributed by atoms with Crippen LogP contribution in [-0.4, -0.2) is 32.8 Å². The molecule has 0 heterocycles. The van der Waals surface area contributed by atoms with Gasteiger partial charge in [0.25, 0.3) is 0 Å². The molecule has 0 saturated heterocycles. The Morgan fingerprint density at radius 3 is 2.30 bits per heavy atom. The van der Waals surface area contributed by atoms with E-state index in [-0.39, 0.29) is 10.5 Å². The second kappa shape index (κ2) is 6.93. The lowest BCUT2D eigenvalue weighted by atomic mass is 10.2. The number of hydrogen-bond donors (Lipinski definition) is 0. The van der Waals surface area contributed by atoms with E-state index in [1.807, 2.05) is 19.1 Å². The van der Waals surface area contributed by atoms with Crippen molar-refractivity contribution in [3.05, 3.63) is 59.7 Å². The fourth-order valence-electron chi connectivity index (χ4n) is 1.95. The van der Waals surface area contributed by atoms with Crippen LogP contribution in [0.4, 0.5) is 0 Å². The summed E-state index contributed by atoms with van der Waals surface area (Å²) in [4.78, 5) is 12.2. The zero-order valence-electron chi connectivity index (χ0n) is 13.3. The summed E-state index contributed by atoms with van der Waals surface area (Å²) in [6.45, 7) is 2.04. The maximum Gasteiger partial charge on any atom is 0.343 e. The summed E-state index contributed by atoms with van der Waals surface area (Å²) in [5.74, 6) is -0.168. The minimum Gasteiger partial charge on any atom is -0.423 e. The summed E-state index contributed by atoms with van der Waals surface area (Å²) in [5.41, 5.74) is 1.33. The highest BCUT2D eigenvalue weighted by molar-refractivity contribution is 7.89. The second-order valence-corrected chi connectivity index (χ2v) is 7.35. The van der Waals surface area contributed by atoms with Gasteiger partial charge in [0.2, 0.25) is 10.0 Å². The van der Waals surface area contributed by atoms with E-state index in [4.69, 9.17) is 4.74 Å². The zero-order valence-corrected chi connectivity index (χ0v) is 14.1. The van der Waals surface area contributed by atoms with Gasteiger partial charge in [0, 0.05) is 14.1 Å². The molecule has 0 radical (unpaired) electrons. The Kier molecular flexibility index (Phi) is 5.18. The van der Waals surface area contributed by atoms with Crippen LogP contribution in [0.3, 0.4) is 0 Å². The molecule has 0 bridgehead atoms. The number of sulfonamides is 1. The molecular weight excluding hydrogens is 314 g/mol. The Labute approximate surface area is 136 Å². The van der Waals surface area contributed by atoms with Crippen LogP contribution in [0.25, 0.3) is 0 Å². The molecule has 2 aromatic rings. The van der Waals surface area contributed by atoms with Crippen LogP contribution >= 0.6 is 0 Å². The number of benzene rings is 2. The fraction of sp³-hybridized carbons (Fsp3) is 0.235. The van der Waals surface area contributed by atoms with Crippen molar-refractivity contribution in [1.82, 2.24) is 4.31 Å². The first-order chi connectivity index (χ1) is 10.8. The Balaban J connectivity index is 2.23. The van der Waals surface area contributed by atoms with E-state index < -0.39 is 16.0 Å². The van der Waals surface area contributed by atoms with Crippen LogP contribution in [0.5, 0.6) is 5.75 Å². The maximum absolute atomic E-state index is 12.2. The Morgan fingerprint density at radius 2 is 1.74 bits per heavy atom. The van der Waals surface area contributed by atoms with Gasteiger partial charge in [-0.05, 0) is 42.3 Å². The number of nitrogens with zero attached hydrogens (tertiary/aromatic N) is 1. The van der Waals surface area contributed by atoms with Gasteiger partial charge in [-0.1, -0.05) is 25.1 Å². The van der Waals surface area contributed by atoms with Gasteiger partial charge >= 0.3 is 5.97 Å². The summed E-state index contributed by atoms with van der Waals surface area (Å²) in [7, 11) is -0.709. The molecule has 0 unspecified atom stereocenters. The normalized spacial score (nSPS) is 11.5. The summed E-state index contributed by atoms with van der Waals surface area (Å²) in [6.07, 6.45) is 0.901. The number of hydrogen-bond acceptors (Lipinski definition) is 4. The Bertz CT molecular complexity index is 796. The molecule has 6 heteroatoms. The van der Waals surface area contributed by atoms with Crippen molar-refractivity contribution in [2.75, 3.05) is 14.1 Å². The predicted octanol–water partition coefficient (Wildman–Crippen LogP) is 2.72. The van der Waals surface area contributed by atoms with Crippen molar-refractivity contribution in [3.63, 3.8) is 0 Å². The number of carbonyl (C=O) groups excluding carboxylic acids is 1. The third-order valence-corrected chi connectivity index (χ3v) is 5.20. The largest absolute Gasteiger partial charge is 0.423 e. The molecule has 0 saturated carbocycles. The molecule has 2 aromatic carbocycles. The van der Waals surface area contributed by atoms with E-state index in [0.717, 1.165) is 16.3 Å². The molecule has 0 atom stereocenters. The number of aryl methyl sites for hydroxylation is 1. The van der Waals surface area contributed by atoms with Gasteiger partial charge in [0.05, 0.1) is 10.5 Å². The molecule has 122 valence electrons. The third kappa shape index (κ3) is 3.97. The average Bonchev–Trinajstić information content (AvgIpc) is 2.55. The van der Waals surface area contributed by atoms with Gasteiger partial charge in [0.1, 0.15) is 5.75 Å². The van der Waals surface area contributed by atoms with E-state index in [2.05, 4.69) is 0 Å². The first-order valence-electron chi connectivity index (χ1n) is 7.18. The molecule has 5 nitrogen and oxygen atoms in total. The van der Waals surface area contributed by atoms with Crippen LogP contribution in [0.2, 0.25) is 0 Å². The van der Waals surface area contributed by atoms with Gasteiger partial charge in [-0.25, -0.2) is 17.5 Å². The minimum absolute atomic E-state index is 0.0540. The van der Waals surface area contributed by atoms with Crippen molar-refractivity contribution in [1.29, 1.82) is 0 Å². The maximum atomic E-state index is 12.2. The van der Waals surface area contributed by atoms with Crippen molar-refractivity contribution in [2.24, 2.45) is 0 Å². The highest BCUT2D eigenvalue weighted by atomic mass is 32.2. The highest BCUT2D eigenvalue weighted by Gasteiger charge is 2.19.